The van der Waals surface area contributed by atoms with E-state index in [1.54, 1.807) is 31.2 Å². The Bertz CT molecular complexity index is 1160. The lowest BCUT2D eigenvalue weighted by Crippen LogP contribution is -2.48. The van der Waals surface area contributed by atoms with Crippen LogP contribution in [0, 0.1) is 6.92 Å². The Morgan fingerprint density at radius 2 is 1.64 bits per heavy atom. The highest BCUT2D eigenvalue weighted by atomic mass is 32.2. The molecular weight excluding hydrogens is 436 g/mol. The van der Waals surface area contributed by atoms with Crippen molar-refractivity contribution in [1.29, 1.82) is 0 Å². The third kappa shape index (κ3) is 7.08. The summed E-state index contributed by atoms with van der Waals surface area (Å²) in [4.78, 5) is 12.7. The maximum atomic E-state index is 12.7. The first kappa shape index (κ1) is 24.3. The molecule has 7 heteroatoms. The molecule has 1 amide bonds. The topological polar surface area (TPSA) is 75.7 Å². The molecule has 0 spiro atoms. The van der Waals surface area contributed by atoms with E-state index in [9.17, 15) is 13.2 Å². The molecule has 1 N–H and O–H groups in total. The molecule has 0 saturated carbocycles. The van der Waals surface area contributed by atoms with Crippen molar-refractivity contribution in [3.63, 3.8) is 0 Å². The summed E-state index contributed by atoms with van der Waals surface area (Å²) in [6, 6.07) is 23.3. The van der Waals surface area contributed by atoms with Crippen LogP contribution in [0.15, 0.2) is 78.9 Å². The standard InChI is InChI=1S/C26H30N2O4S/c1-20-9-7-10-22(19-20)11-8-18-27-26(29)21(2)28(33(3,30)31)23-14-16-25(17-15-23)32-24-12-5-4-6-13-24/h4-7,9-10,12-17,19,21H,8,11,18H2,1-3H3,(H,27,29)/t21-/m0/s1. The minimum absolute atomic E-state index is 0.339. The summed E-state index contributed by atoms with van der Waals surface area (Å²) >= 11 is 0. The maximum Gasteiger partial charge on any atom is 0.243 e. The van der Waals surface area contributed by atoms with Crippen LogP contribution in [-0.2, 0) is 21.2 Å². The summed E-state index contributed by atoms with van der Waals surface area (Å²) in [6.45, 7) is 4.11. The number of anilines is 1. The first-order valence-electron chi connectivity index (χ1n) is 10.9. The molecule has 3 rings (SSSR count). The van der Waals surface area contributed by atoms with Gasteiger partial charge in [-0.05, 0) is 68.7 Å². The van der Waals surface area contributed by atoms with Gasteiger partial charge in [-0.2, -0.15) is 0 Å². The number of amides is 1. The van der Waals surface area contributed by atoms with Crippen molar-refractivity contribution in [3.8, 4) is 11.5 Å². The van der Waals surface area contributed by atoms with Gasteiger partial charge in [0.2, 0.25) is 15.9 Å². The van der Waals surface area contributed by atoms with Crippen LogP contribution in [0.1, 0.15) is 24.5 Å². The average Bonchev–Trinajstić information content (AvgIpc) is 2.78. The number of aryl methyl sites for hydroxylation is 2. The van der Waals surface area contributed by atoms with Gasteiger partial charge in [0, 0.05) is 6.54 Å². The number of ether oxygens (including phenoxy) is 1. The number of carbonyl (C=O) groups is 1. The second kappa shape index (κ2) is 11.0. The molecule has 0 fully saturated rings. The molecule has 33 heavy (non-hydrogen) atoms. The first-order chi connectivity index (χ1) is 15.7. The Kier molecular flexibility index (Phi) is 8.11. The van der Waals surface area contributed by atoms with Crippen LogP contribution in [0.2, 0.25) is 0 Å². The summed E-state index contributed by atoms with van der Waals surface area (Å²) in [5.41, 5.74) is 2.82. The molecule has 0 unspecified atom stereocenters. The van der Waals surface area contributed by atoms with Crippen molar-refractivity contribution < 1.29 is 17.9 Å². The van der Waals surface area contributed by atoms with E-state index in [1.807, 2.05) is 49.4 Å². The van der Waals surface area contributed by atoms with Gasteiger partial charge in [0.1, 0.15) is 17.5 Å². The number of benzene rings is 3. The fourth-order valence-corrected chi connectivity index (χ4v) is 4.79. The third-order valence-electron chi connectivity index (χ3n) is 5.18. The van der Waals surface area contributed by atoms with Crippen LogP contribution >= 0.6 is 0 Å². The number of nitrogens with one attached hydrogen (secondary N) is 1. The molecule has 3 aromatic rings. The van der Waals surface area contributed by atoms with Crippen molar-refractivity contribution in [2.45, 2.75) is 32.7 Å². The largest absolute Gasteiger partial charge is 0.457 e. The van der Waals surface area contributed by atoms with Gasteiger partial charge in [0.25, 0.3) is 0 Å². The van der Waals surface area contributed by atoms with Gasteiger partial charge in [-0.3, -0.25) is 9.10 Å². The summed E-state index contributed by atoms with van der Waals surface area (Å²) in [7, 11) is -3.68. The fourth-order valence-electron chi connectivity index (χ4n) is 3.61. The van der Waals surface area contributed by atoms with Gasteiger partial charge in [0.05, 0.1) is 11.9 Å². The van der Waals surface area contributed by atoms with Gasteiger partial charge in [-0.25, -0.2) is 8.42 Å². The van der Waals surface area contributed by atoms with Crippen LogP contribution < -0.4 is 14.4 Å². The summed E-state index contributed by atoms with van der Waals surface area (Å²) in [5, 5.41) is 2.86. The highest BCUT2D eigenvalue weighted by molar-refractivity contribution is 7.92. The number of para-hydroxylation sites is 1. The summed E-state index contributed by atoms with van der Waals surface area (Å²) in [6.07, 6.45) is 2.71. The SMILES string of the molecule is Cc1cccc(CCCNC(=O)[C@H](C)N(c2ccc(Oc3ccccc3)cc2)S(C)(=O)=O)c1. The van der Waals surface area contributed by atoms with E-state index in [1.165, 1.54) is 11.1 Å². The number of nitrogens with zero attached hydrogens (tertiary/aromatic N) is 1. The monoisotopic (exact) mass is 466 g/mol. The molecule has 0 radical (unpaired) electrons. The number of rotatable bonds is 10. The fraction of sp³-hybridized carbons (Fsp3) is 0.269. The van der Waals surface area contributed by atoms with E-state index in [-0.39, 0.29) is 5.91 Å². The molecule has 0 aliphatic rings. The molecule has 0 aliphatic carbocycles. The van der Waals surface area contributed by atoms with Crippen molar-refractivity contribution >= 4 is 21.6 Å². The minimum atomic E-state index is -3.68. The van der Waals surface area contributed by atoms with E-state index in [2.05, 4.69) is 17.4 Å². The van der Waals surface area contributed by atoms with Crippen molar-refractivity contribution in [2.24, 2.45) is 0 Å². The zero-order valence-corrected chi connectivity index (χ0v) is 20.0. The van der Waals surface area contributed by atoms with Gasteiger partial charge in [-0.15, -0.1) is 0 Å². The van der Waals surface area contributed by atoms with E-state index >= 15 is 0 Å². The lowest BCUT2D eigenvalue weighted by atomic mass is 10.1. The Labute approximate surface area is 196 Å². The second-order valence-electron chi connectivity index (χ2n) is 8.03. The number of hydrogen-bond donors (Lipinski definition) is 1. The van der Waals surface area contributed by atoms with Crippen molar-refractivity contribution in [3.05, 3.63) is 90.0 Å². The van der Waals surface area contributed by atoms with E-state index in [0.29, 0.717) is 23.7 Å². The van der Waals surface area contributed by atoms with Crippen LogP contribution in [0.3, 0.4) is 0 Å². The van der Waals surface area contributed by atoms with Gasteiger partial charge in [-0.1, -0.05) is 48.0 Å². The van der Waals surface area contributed by atoms with E-state index < -0.39 is 16.1 Å². The molecule has 3 aromatic carbocycles. The van der Waals surface area contributed by atoms with Crippen LogP contribution in [-0.4, -0.2) is 33.2 Å². The number of hydrogen-bond acceptors (Lipinski definition) is 4. The Hall–Kier alpha value is -3.32. The predicted octanol–water partition coefficient (Wildman–Crippen LogP) is 4.69. The quantitative estimate of drug-likeness (QED) is 0.440. The average molecular weight is 467 g/mol. The first-order valence-corrected chi connectivity index (χ1v) is 12.7. The lowest BCUT2D eigenvalue weighted by Gasteiger charge is -2.28. The highest BCUT2D eigenvalue weighted by Gasteiger charge is 2.28. The van der Waals surface area contributed by atoms with Crippen LogP contribution in [0.25, 0.3) is 0 Å². The second-order valence-corrected chi connectivity index (χ2v) is 9.89. The zero-order chi connectivity index (χ0) is 23.8. The molecule has 0 heterocycles. The molecule has 0 bridgehead atoms. The van der Waals surface area contributed by atoms with Crippen molar-refractivity contribution in [2.75, 3.05) is 17.1 Å². The van der Waals surface area contributed by atoms with Gasteiger partial charge >= 0.3 is 0 Å². The van der Waals surface area contributed by atoms with Crippen LogP contribution in [0.5, 0.6) is 11.5 Å². The zero-order valence-electron chi connectivity index (χ0n) is 19.2. The summed E-state index contributed by atoms with van der Waals surface area (Å²) in [5.74, 6) is 0.921. The van der Waals surface area contributed by atoms with Crippen LogP contribution in [0.4, 0.5) is 5.69 Å². The third-order valence-corrected chi connectivity index (χ3v) is 6.42. The molecule has 0 aromatic heterocycles. The molecular formula is C26H30N2O4S. The predicted molar refractivity (Wildman–Crippen MR) is 132 cm³/mol. The number of carbonyl (C=O) groups excluding carboxylic acids is 1. The summed E-state index contributed by atoms with van der Waals surface area (Å²) < 4.78 is 31.9. The highest BCUT2D eigenvalue weighted by Crippen LogP contribution is 2.26. The van der Waals surface area contributed by atoms with E-state index in [4.69, 9.17) is 4.74 Å². The number of sulfonamides is 1. The van der Waals surface area contributed by atoms with Gasteiger partial charge < -0.3 is 10.1 Å². The normalized spacial score (nSPS) is 12.1. The Morgan fingerprint density at radius 3 is 2.27 bits per heavy atom. The molecule has 6 nitrogen and oxygen atoms in total. The smallest absolute Gasteiger partial charge is 0.243 e. The van der Waals surface area contributed by atoms with Gasteiger partial charge in [0.15, 0.2) is 0 Å². The molecule has 0 saturated heterocycles. The van der Waals surface area contributed by atoms with E-state index in [0.717, 1.165) is 23.4 Å². The van der Waals surface area contributed by atoms with Crippen molar-refractivity contribution in [1.82, 2.24) is 5.32 Å². The lowest BCUT2D eigenvalue weighted by molar-refractivity contribution is -0.121. The molecule has 0 aliphatic heterocycles. The molecule has 174 valence electrons. The molecule has 1 atom stereocenters. The Balaban J connectivity index is 1.62. The Morgan fingerprint density at radius 1 is 0.970 bits per heavy atom. The minimum Gasteiger partial charge on any atom is -0.457 e. The maximum absolute atomic E-state index is 12.7.